The molecule has 1 aromatic heterocycles. The first-order valence-corrected chi connectivity index (χ1v) is 12.4. The molecule has 0 aliphatic rings. The van der Waals surface area contributed by atoms with E-state index in [0.29, 0.717) is 36.2 Å². The lowest BCUT2D eigenvalue weighted by atomic mass is 10.0. The van der Waals surface area contributed by atoms with Crippen LogP contribution in [0.4, 0.5) is 11.4 Å². The van der Waals surface area contributed by atoms with E-state index in [9.17, 15) is 15.0 Å². The minimum atomic E-state index is -0.775. The van der Waals surface area contributed by atoms with E-state index in [0.717, 1.165) is 23.5 Å². The number of benzene rings is 3. The van der Waals surface area contributed by atoms with E-state index in [-0.39, 0.29) is 16.8 Å². The van der Waals surface area contributed by atoms with E-state index in [2.05, 4.69) is 33.5 Å². The SMILES string of the molecule is CC(C)([NH3+])COc1ccc(Nc2ccc(CCNCC(O)c3ccc(O)c4[nH]c(=O)ccc34)cc2)cc1. The maximum Gasteiger partial charge on any atom is 0.248 e. The standard InChI is InChI=1S/C29H34N4O4/c1-29(2,30)18-37-22-9-7-21(8-10-22)32-20-5-3-19(4-6-20)15-16-31-17-26(35)23-11-13-25(34)28-24(23)12-14-27(36)33-28/h3-14,26,31-32,34-35H,15-18,30H2,1-2H3,(H,33,36)/p+1. The molecule has 0 bridgehead atoms. The molecule has 4 rings (SSSR count). The highest BCUT2D eigenvalue weighted by molar-refractivity contribution is 5.87. The van der Waals surface area contributed by atoms with Crippen LogP contribution in [0.3, 0.4) is 0 Å². The summed E-state index contributed by atoms with van der Waals surface area (Å²) in [5.74, 6) is 0.804. The van der Waals surface area contributed by atoms with Crippen molar-refractivity contribution < 1.29 is 20.7 Å². The molecular weight excluding hydrogens is 468 g/mol. The topological polar surface area (TPSA) is 134 Å². The van der Waals surface area contributed by atoms with Crippen LogP contribution in [-0.2, 0) is 6.42 Å². The maximum absolute atomic E-state index is 11.6. The Kier molecular flexibility index (Phi) is 8.13. The molecule has 0 amide bonds. The smallest absolute Gasteiger partial charge is 0.248 e. The molecule has 8 nitrogen and oxygen atoms in total. The summed E-state index contributed by atoms with van der Waals surface area (Å²) < 4.78 is 5.77. The van der Waals surface area contributed by atoms with Crippen molar-refractivity contribution >= 4 is 22.3 Å². The van der Waals surface area contributed by atoms with Crippen LogP contribution in [0, 0.1) is 0 Å². The van der Waals surface area contributed by atoms with Gasteiger partial charge in [-0.15, -0.1) is 0 Å². The number of aliphatic hydroxyl groups is 1. The highest BCUT2D eigenvalue weighted by atomic mass is 16.5. The van der Waals surface area contributed by atoms with E-state index in [1.807, 2.05) is 50.2 Å². The minimum Gasteiger partial charge on any atom is -0.506 e. The van der Waals surface area contributed by atoms with Gasteiger partial charge in [-0.1, -0.05) is 18.2 Å². The molecule has 0 aliphatic heterocycles. The molecule has 0 saturated heterocycles. The molecule has 0 spiro atoms. The number of phenols is 1. The molecular formula is C29H35N4O4+. The van der Waals surface area contributed by atoms with Gasteiger partial charge < -0.3 is 36.3 Å². The summed E-state index contributed by atoms with van der Waals surface area (Å²) in [5.41, 5.74) is 7.77. The molecule has 1 unspecified atom stereocenters. The van der Waals surface area contributed by atoms with E-state index >= 15 is 0 Å². The molecule has 0 saturated carbocycles. The van der Waals surface area contributed by atoms with Gasteiger partial charge in [0, 0.05) is 29.4 Å². The fourth-order valence-corrected chi connectivity index (χ4v) is 3.97. The van der Waals surface area contributed by atoms with Crippen molar-refractivity contribution in [2.75, 3.05) is 25.0 Å². The van der Waals surface area contributed by atoms with Crippen LogP contribution in [-0.4, -0.2) is 40.4 Å². The predicted octanol–water partition coefficient (Wildman–Crippen LogP) is 3.24. The van der Waals surface area contributed by atoms with Gasteiger partial charge in [-0.3, -0.25) is 4.79 Å². The molecule has 3 aromatic carbocycles. The third-order valence-electron chi connectivity index (χ3n) is 5.92. The van der Waals surface area contributed by atoms with Gasteiger partial charge in [0.15, 0.2) is 0 Å². The zero-order valence-corrected chi connectivity index (χ0v) is 21.3. The summed E-state index contributed by atoms with van der Waals surface area (Å²) in [4.78, 5) is 14.2. The number of aromatic nitrogens is 1. The van der Waals surface area contributed by atoms with Gasteiger partial charge in [-0.2, -0.15) is 0 Å². The number of quaternary nitrogens is 1. The van der Waals surface area contributed by atoms with E-state index in [1.165, 1.54) is 17.7 Å². The summed E-state index contributed by atoms with van der Waals surface area (Å²) in [6.07, 6.45) is 0.0354. The average molecular weight is 504 g/mol. The lowest BCUT2D eigenvalue weighted by Gasteiger charge is -2.16. The highest BCUT2D eigenvalue weighted by Gasteiger charge is 2.16. The van der Waals surface area contributed by atoms with Crippen molar-refractivity contribution in [3.05, 3.63) is 94.3 Å². The number of aromatic amines is 1. The number of ether oxygens (including phenoxy) is 1. The minimum absolute atomic E-state index is 0.0190. The Hall–Kier alpha value is -3.85. The molecule has 0 fully saturated rings. The summed E-state index contributed by atoms with van der Waals surface area (Å²) in [5, 5.41) is 28.0. The number of hydrogen-bond acceptors (Lipinski definition) is 6. The molecule has 0 radical (unpaired) electrons. The fourth-order valence-electron chi connectivity index (χ4n) is 3.97. The van der Waals surface area contributed by atoms with Gasteiger partial charge in [-0.05, 0) is 86.5 Å². The largest absolute Gasteiger partial charge is 0.506 e. The van der Waals surface area contributed by atoms with Gasteiger partial charge in [0.1, 0.15) is 23.6 Å². The number of anilines is 2. The lowest BCUT2D eigenvalue weighted by molar-refractivity contribution is -0.469. The van der Waals surface area contributed by atoms with Crippen molar-refractivity contribution in [3.8, 4) is 11.5 Å². The molecule has 1 atom stereocenters. The molecule has 0 aliphatic carbocycles. The van der Waals surface area contributed by atoms with Gasteiger partial charge in [0.2, 0.25) is 5.56 Å². The van der Waals surface area contributed by atoms with E-state index in [1.54, 1.807) is 12.1 Å². The van der Waals surface area contributed by atoms with Crippen LogP contribution in [0.15, 0.2) is 77.6 Å². The summed E-state index contributed by atoms with van der Waals surface area (Å²) in [7, 11) is 0. The third kappa shape index (κ3) is 7.33. The second-order valence-corrected chi connectivity index (χ2v) is 10.1. The first kappa shape index (κ1) is 26.2. The quantitative estimate of drug-likeness (QED) is 0.174. The van der Waals surface area contributed by atoms with Crippen LogP contribution in [0.5, 0.6) is 11.5 Å². The first-order chi connectivity index (χ1) is 17.7. The second kappa shape index (κ2) is 11.5. The normalized spacial score (nSPS) is 12.4. The Morgan fingerprint density at radius 1 is 0.973 bits per heavy atom. The number of phenolic OH excluding ortho intramolecular Hbond substituents is 1. The maximum atomic E-state index is 11.6. The van der Waals surface area contributed by atoms with Crippen LogP contribution in [0.2, 0.25) is 0 Å². The van der Waals surface area contributed by atoms with Gasteiger partial charge in [0.05, 0.1) is 11.6 Å². The number of fused-ring (bicyclic) bond motifs is 1. The van der Waals surface area contributed by atoms with E-state index in [4.69, 9.17) is 4.74 Å². The van der Waals surface area contributed by atoms with E-state index < -0.39 is 6.10 Å². The first-order valence-electron chi connectivity index (χ1n) is 12.4. The number of hydrogen-bond donors (Lipinski definition) is 6. The van der Waals surface area contributed by atoms with Gasteiger partial charge >= 0.3 is 0 Å². The Labute approximate surface area is 216 Å². The fraction of sp³-hybridized carbons (Fsp3) is 0.276. The van der Waals surface area contributed by atoms with Gasteiger partial charge in [0.25, 0.3) is 0 Å². The lowest BCUT2D eigenvalue weighted by Crippen LogP contribution is -2.71. The molecule has 4 aromatic rings. The van der Waals surface area contributed by atoms with Crippen LogP contribution in [0.25, 0.3) is 10.9 Å². The number of H-pyrrole nitrogens is 1. The monoisotopic (exact) mass is 503 g/mol. The van der Waals surface area contributed by atoms with Crippen LogP contribution >= 0.6 is 0 Å². The van der Waals surface area contributed by atoms with Crippen LogP contribution < -0.4 is 26.7 Å². The number of aliphatic hydroxyl groups excluding tert-OH is 1. The zero-order valence-electron chi connectivity index (χ0n) is 21.3. The summed E-state index contributed by atoms with van der Waals surface area (Å²) in [6.45, 7) is 5.68. The average Bonchev–Trinajstić information content (AvgIpc) is 2.87. The molecule has 194 valence electrons. The Morgan fingerprint density at radius 2 is 1.65 bits per heavy atom. The molecule has 8 N–H and O–H groups in total. The number of aromatic hydroxyl groups is 1. The number of pyridine rings is 1. The second-order valence-electron chi connectivity index (χ2n) is 10.1. The number of nitrogens with one attached hydrogen (secondary N) is 3. The number of rotatable bonds is 11. The Morgan fingerprint density at radius 3 is 2.32 bits per heavy atom. The molecule has 8 heteroatoms. The third-order valence-corrected chi connectivity index (χ3v) is 5.92. The van der Waals surface area contributed by atoms with Crippen molar-refractivity contribution in [2.45, 2.75) is 31.9 Å². The summed E-state index contributed by atoms with van der Waals surface area (Å²) in [6, 6.07) is 22.3. The Bertz CT molecular complexity index is 1380. The van der Waals surface area contributed by atoms with Crippen molar-refractivity contribution in [1.82, 2.24) is 10.3 Å². The molecule has 37 heavy (non-hydrogen) atoms. The predicted molar refractivity (Wildman–Crippen MR) is 146 cm³/mol. The van der Waals surface area contributed by atoms with Crippen molar-refractivity contribution in [1.29, 1.82) is 0 Å². The highest BCUT2D eigenvalue weighted by Crippen LogP contribution is 2.28. The zero-order chi connectivity index (χ0) is 26.4. The van der Waals surface area contributed by atoms with Crippen molar-refractivity contribution in [2.24, 2.45) is 0 Å². The van der Waals surface area contributed by atoms with Crippen LogP contribution in [0.1, 0.15) is 31.1 Å². The Balaban J connectivity index is 1.25. The molecule has 1 heterocycles. The van der Waals surface area contributed by atoms with Gasteiger partial charge in [-0.25, -0.2) is 0 Å². The summed E-state index contributed by atoms with van der Waals surface area (Å²) >= 11 is 0. The van der Waals surface area contributed by atoms with Crippen molar-refractivity contribution in [3.63, 3.8) is 0 Å².